The molecule has 0 rings (SSSR count). The summed E-state index contributed by atoms with van der Waals surface area (Å²) in [5.74, 6) is -0.0430. The van der Waals surface area contributed by atoms with E-state index in [0.29, 0.717) is 0 Å². The summed E-state index contributed by atoms with van der Waals surface area (Å²) in [6, 6.07) is -0.380. The van der Waals surface area contributed by atoms with Crippen LogP contribution < -0.4 is 11.1 Å². The van der Waals surface area contributed by atoms with Gasteiger partial charge in [0.05, 0.1) is 6.04 Å². The predicted molar refractivity (Wildman–Crippen MR) is 60.0 cm³/mol. The van der Waals surface area contributed by atoms with Crippen molar-refractivity contribution >= 4 is 5.91 Å². The number of carbonyl (C=O) groups is 1. The third-order valence-corrected chi connectivity index (χ3v) is 2.24. The summed E-state index contributed by atoms with van der Waals surface area (Å²) >= 11 is 0. The molecule has 0 bridgehead atoms. The second-order valence-electron chi connectivity index (χ2n) is 3.85. The van der Waals surface area contributed by atoms with Gasteiger partial charge in [-0.2, -0.15) is 0 Å². The summed E-state index contributed by atoms with van der Waals surface area (Å²) in [7, 11) is 0. The van der Waals surface area contributed by atoms with E-state index in [9.17, 15) is 4.79 Å². The second kappa shape index (κ2) is 9.00. The first-order chi connectivity index (χ1) is 6.68. The first-order valence-electron chi connectivity index (χ1n) is 5.71. The molecule has 0 saturated heterocycles. The van der Waals surface area contributed by atoms with Gasteiger partial charge in [-0.15, -0.1) is 0 Å². The molecule has 0 aliphatic rings. The van der Waals surface area contributed by atoms with Crippen LogP contribution in [0, 0.1) is 0 Å². The minimum absolute atomic E-state index is 0.0430. The molecule has 3 N–H and O–H groups in total. The predicted octanol–water partition coefficient (Wildman–Crippen LogP) is 1.81. The maximum atomic E-state index is 11.0. The molecule has 3 nitrogen and oxygen atoms in total. The number of unbranched alkanes of at least 4 members (excludes halogenated alkanes) is 5. The standard InChI is InChI=1S/C11H24N2O/c1-3-4-5-6-7-8-9-13-11(14)10(2)12/h10H,3-9,12H2,1-2H3,(H,13,14). The highest BCUT2D eigenvalue weighted by atomic mass is 16.2. The van der Waals surface area contributed by atoms with E-state index in [2.05, 4.69) is 12.2 Å². The van der Waals surface area contributed by atoms with E-state index in [4.69, 9.17) is 5.73 Å². The zero-order valence-corrected chi connectivity index (χ0v) is 9.51. The van der Waals surface area contributed by atoms with Crippen molar-refractivity contribution in [2.24, 2.45) is 5.73 Å². The summed E-state index contributed by atoms with van der Waals surface area (Å²) in [5, 5.41) is 2.81. The van der Waals surface area contributed by atoms with E-state index in [1.165, 1.54) is 32.1 Å². The van der Waals surface area contributed by atoms with Crippen molar-refractivity contribution in [3.63, 3.8) is 0 Å². The molecule has 0 spiro atoms. The average Bonchev–Trinajstić information content (AvgIpc) is 2.16. The van der Waals surface area contributed by atoms with Crippen molar-refractivity contribution in [2.75, 3.05) is 6.54 Å². The van der Waals surface area contributed by atoms with Gasteiger partial charge in [0.1, 0.15) is 0 Å². The Hall–Kier alpha value is -0.570. The Labute approximate surface area is 87.4 Å². The lowest BCUT2D eigenvalue weighted by molar-refractivity contribution is -0.121. The fourth-order valence-corrected chi connectivity index (χ4v) is 1.28. The number of rotatable bonds is 8. The summed E-state index contributed by atoms with van der Waals surface area (Å²) in [6.07, 6.45) is 7.48. The number of hydrogen-bond donors (Lipinski definition) is 2. The Bertz CT molecular complexity index is 146. The van der Waals surface area contributed by atoms with Gasteiger partial charge in [-0.25, -0.2) is 0 Å². The lowest BCUT2D eigenvalue weighted by Crippen LogP contribution is -2.38. The number of carbonyl (C=O) groups excluding carboxylic acids is 1. The molecule has 3 heteroatoms. The minimum atomic E-state index is -0.380. The lowest BCUT2D eigenvalue weighted by atomic mass is 10.1. The van der Waals surface area contributed by atoms with Gasteiger partial charge >= 0.3 is 0 Å². The molecule has 1 unspecified atom stereocenters. The summed E-state index contributed by atoms with van der Waals surface area (Å²) < 4.78 is 0. The van der Waals surface area contributed by atoms with E-state index in [1.807, 2.05) is 0 Å². The van der Waals surface area contributed by atoms with E-state index in [0.717, 1.165) is 13.0 Å². The molecule has 1 amide bonds. The quantitative estimate of drug-likeness (QED) is 0.587. The van der Waals surface area contributed by atoms with Crippen LogP contribution in [0.15, 0.2) is 0 Å². The Morgan fingerprint density at radius 2 is 1.79 bits per heavy atom. The molecule has 0 aliphatic heterocycles. The van der Waals surface area contributed by atoms with Gasteiger partial charge in [-0.05, 0) is 13.3 Å². The van der Waals surface area contributed by atoms with Crippen LogP contribution in [-0.2, 0) is 4.79 Å². The van der Waals surface area contributed by atoms with Crippen LogP contribution in [0.1, 0.15) is 52.4 Å². The third kappa shape index (κ3) is 8.05. The fraction of sp³-hybridized carbons (Fsp3) is 0.909. The van der Waals surface area contributed by atoms with E-state index >= 15 is 0 Å². The summed E-state index contributed by atoms with van der Waals surface area (Å²) in [4.78, 5) is 11.0. The van der Waals surface area contributed by atoms with Crippen molar-refractivity contribution in [3.05, 3.63) is 0 Å². The SMILES string of the molecule is CCCCCCCCNC(=O)C(C)N. The van der Waals surface area contributed by atoms with Crippen LogP contribution >= 0.6 is 0 Å². The molecule has 0 aromatic carbocycles. The van der Waals surface area contributed by atoms with Crippen LogP contribution in [0.25, 0.3) is 0 Å². The van der Waals surface area contributed by atoms with Gasteiger partial charge in [-0.3, -0.25) is 4.79 Å². The summed E-state index contributed by atoms with van der Waals surface area (Å²) in [5.41, 5.74) is 5.40. The molecule has 0 aliphatic carbocycles. The van der Waals surface area contributed by atoms with Crippen LogP contribution in [0.5, 0.6) is 0 Å². The molecule has 0 aromatic rings. The van der Waals surface area contributed by atoms with E-state index in [-0.39, 0.29) is 11.9 Å². The molecule has 0 heterocycles. The second-order valence-corrected chi connectivity index (χ2v) is 3.85. The first-order valence-corrected chi connectivity index (χ1v) is 5.71. The zero-order chi connectivity index (χ0) is 10.8. The van der Waals surface area contributed by atoms with Gasteiger partial charge in [0.15, 0.2) is 0 Å². The number of nitrogens with one attached hydrogen (secondary N) is 1. The molecule has 14 heavy (non-hydrogen) atoms. The van der Waals surface area contributed by atoms with Gasteiger partial charge in [0.2, 0.25) is 5.91 Å². The highest BCUT2D eigenvalue weighted by Crippen LogP contribution is 2.03. The highest BCUT2D eigenvalue weighted by Gasteiger charge is 2.04. The largest absolute Gasteiger partial charge is 0.355 e. The van der Waals surface area contributed by atoms with Gasteiger partial charge in [0.25, 0.3) is 0 Å². The molecule has 0 aromatic heterocycles. The van der Waals surface area contributed by atoms with Crippen LogP contribution in [-0.4, -0.2) is 18.5 Å². The molecule has 0 fully saturated rings. The maximum absolute atomic E-state index is 11.0. The Morgan fingerprint density at radius 1 is 1.21 bits per heavy atom. The van der Waals surface area contributed by atoms with Crippen molar-refractivity contribution in [1.29, 1.82) is 0 Å². The van der Waals surface area contributed by atoms with Gasteiger partial charge in [0, 0.05) is 6.54 Å². The van der Waals surface area contributed by atoms with Crippen LogP contribution in [0.2, 0.25) is 0 Å². The molecule has 0 radical (unpaired) electrons. The van der Waals surface area contributed by atoms with Crippen molar-refractivity contribution < 1.29 is 4.79 Å². The Morgan fingerprint density at radius 3 is 2.36 bits per heavy atom. The number of amides is 1. The van der Waals surface area contributed by atoms with Crippen LogP contribution in [0.4, 0.5) is 0 Å². The van der Waals surface area contributed by atoms with Crippen molar-refractivity contribution in [2.45, 2.75) is 58.4 Å². The topological polar surface area (TPSA) is 55.1 Å². The third-order valence-electron chi connectivity index (χ3n) is 2.24. The molecule has 1 atom stereocenters. The highest BCUT2D eigenvalue weighted by molar-refractivity contribution is 5.80. The number of hydrogen-bond acceptors (Lipinski definition) is 2. The lowest BCUT2D eigenvalue weighted by Gasteiger charge is -2.07. The molecule has 0 saturated carbocycles. The fourth-order valence-electron chi connectivity index (χ4n) is 1.28. The van der Waals surface area contributed by atoms with Crippen molar-refractivity contribution in [1.82, 2.24) is 5.32 Å². The molecule has 84 valence electrons. The summed E-state index contributed by atoms with van der Waals surface area (Å²) in [6.45, 7) is 4.69. The van der Waals surface area contributed by atoms with Gasteiger partial charge < -0.3 is 11.1 Å². The molecular formula is C11H24N2O. The maximum Gasteiger partial charge on any atom is 0.236 e. The minimum Gasteiger partial charge on any atom is -0.355 e. The smallest absolute Gasteiger partial charge is 0.236 e. The Kier molecular flexibility index (Phi) is 8.64. The zero-order valence-electron chi connectivity index (χ0n) is 9.51. The average molecular weight is 200 g/mol. The Balaban J connectivity index is 3.10. The van der Waals surface area contributed by atoms with Crippen molar-refractivity contribution in [3.8, 4) is 0 Å². The van der Waals surface area contributed by atoms with Crippen LogP contribution in [0.3, 0.4) is 0 Å². The van der Waals surface area contributed by atoms with E-state index in [1.54, 1.807) is 6.92 Å². The molecular weight excluding hydrogens is 176 g/mol. The first kappa shape index (κ1) is 13.4. The van der Waals surface area contributed by atoms with E-state index < -0.39 is 0 Å². The monoisotopic (exact) mass is 200 g/mol. The normalized spacial score (nSPS) is 12.5. The van der Waals surface area contributed by atoms with Gasteiger partial charge in [-0.1, -0.05) is 39.0 Å². The number of nitrogens with two attached hydrogens (primary N) is 1.